The molecule has 2 atom stereocenters. The van der Waals surface area contributed by atoms with Crippen molar-refractivity contribution in [1.82, 2.24) is 5.32 Å². The van der Waals surface area contributed by atoms with E-state index in [1.165, 1.54) is 24.8 Å². The van der Waals surface area contributed by atoms with Crippen LogP contribution in [0.5, 0.6) is 0 Å². The van der Waals surface area contributed by atoms with Crippen LogP contribution in [0.3, 0.4) is 0 Å². The van der Waals surface area contributed by atoms with Gasteiger partial charge in [-0.2, -0.15) is 0 Å². The molecule has 0 amide bonds. The van der Waals surface area contributed by atoms with Crippen LogP contribution in [-0.4, -0.2) is 13.1 Å². The highest BCUT2D eigenvalue weighted by Gasteiger charge is 2.34. The molecule has 0 saturated heterocycles. The lowest BCUT2D eigenvalue weighted by Gasteiger charge is -2.41. The van der Waals surface area contributed by atoms with Crippen molar-refractivity contribution in [1.29, 1.82) is 0 Å². The van der Waals surface area contributed by atoms with E-state index in [1.807, 2.05) is 6.07 Å². The van der Waals surface area contributed by atoms with Crippen LogP contribution < -0.4 is 5.32 Å². The van der Waals surface area contributed by atoms with Gasteiger partial charge in [0.2, 0.25) is 0 Å². The minimum atomic E-state index is -0.168. The standard InChI is InChI=1S/C18H27BrFN/c1-4-21-12-14-7-8-18(2,3)11-15(14)9-13-5-6-16(20)10-17(13)19/h5-6,10,14-15,21H,4,7-9,11-12H2,1-3H3. The topological polar surface area (TPSA) is 12.0 Å². The van der Waals surface area contributed by atoms with E-state index >= 15 is 0 Å². The molecule has 0 bridgehead atoms. The van der Waals surface area contributed by atoms with Crippen LogP contribution in [-0.2, 0) is 6.42 Å². The zero-order valence-electron chi connectivity index (χ0n) is 13.4. The van der Waals surface area contributed by atoms with E-state index in [-0.39, 0.29) is 5.82 Å². The molecule has 0 aromatic heterocycles. The number of nitrogens with one attached hydrogen (secondary N) is 1. The molecule has 2 rings (SSSR count). The molecule has 0 spiro atoms. The van der Waals surface area contributed by atoms with Gasteiger partial charge in [0.05, 0.1) is 0 Å². The summed E-state index contributed by atoms with van der Waals surface area (Å²) in [7, 11) is 0. The lowest BCUT2D eigenvalue weighted by atomic mass is 9.65. The molecular formula is C18H27BrFN. The maximum absolute atomic E-state index is 13.3. The summed E-state index contributed by atoms with van der Waals surface area (Å²) in [5.41, 5.74) is 1.67. The molecule has 3 heteroatoms. The summed E-state index contributed by atoms with van der Waals surface area (Å²) in [4.78, 5) is 0. The summed E-state index contributed by atoms with van der Waals surface area (Å²) in [6.45, 7) is 9.06. The summed E-state index contributed by atoms with van der Waals surface area (Å²) in [6, 6.07) is 5.10. The van der Waals surface area contributed by atoms with Gasteiger partial charge in [-0.3, -0.25) is 0 Å². The van der Waals surface area contributed by atoms with Crippen LogP contribution in [0, 0.1) is 23.1 Å². The van der Waals surface area contributed by atoms with Gasteiger partial charge in [0.25, 0.3) is 0 Å². The van der Waals surface area contributed by atoms with Gasteiger partial charge in [-0.25, -0.2) is 4.39 Å². The molecule has 1 aliphatic carbocycles. The van der Waals surface area contributed by atoms with Gasteiger partial charge in [0.15, 0.2) is 0 Å². The van der Waals surface area contributed by atoms with E-state index in [4.69, 9.17) is 0 Å². The Bertz CT molecular complexity index is 472. The Kier molecular flexibility index (Phi) is 5.84. The number of benzene rings is 1. The first-order valence-corrected chi connectivity index (χ1v) is 8.85. The van der Waals surface area contributed by atoms with Gasteiger partial charge in [0.1, 0.15) is 5.82 Å². The molecule has 1 nitrogen and oxygen atoms in total. The Balaban J connectivity index is 2.11. The largest absolute Gasteiger partial charge is 0.317 e. The Hall–Kier alpha value is -0.410. The maximum Gasteiger partial charge on any atom is 0.124 e. The third-order valence-electron chi connectivity index (χ3n) is 4.83. The van der Waals surface area contributed by atoms with Crippen molar-refractivity contribution < 1.29 is 4.39 Å². The first-order chi connectivity index (χ1) is 9.91. The Labute approximate surface area is 136 Å². The molecule has 0 heterocycles. The average Bonchev–Trinajstić information content (AvgIpc) is 2.40. The SMILES string of the molecule is CCNCC1CCC(C)(C)CC1Cc1ccc(F)cc1Br. The smallest absolute Gasteiger partial charge is 0.124 e. The van der Waals surface area contributed by atoms with E-state index < -0.39 is 0 Å². The number of rotatable bonds is 5. The van der Waals surface area contributed by atoms with Crippen LogP contribution in [0.4, 0.5) is 4.39 Å². The van der Waals surface area contributed by atoms with Crippen LogP contribution >= 0.6 is 15.9 Å². The molecule has 0 radical (unpaired) electrons. The van der Waals surface area contributed by atoms with E-state index in [9.17, 15) is 4.39 Å². The molecular weight excluding hydrogens is 329 g/mol. The molecule has 1 N–H and O–H groups in total. The van der Waals surface area contributed by atoms with Gasteiger partial charge >= 0.3 is 0 Å². The fourth-order valence-electron chi connectivity index (χ4n) is 3.60. The highest BCUT2D eigenvalue weighted by Crippen LogP contribution is 2.43. The van der Waals surface area contributed by atoms with Crippen LogP contribution in [0.2, 0.25) is 0 Å². The van der Waals surface area contributed by atoms with Crippen molar-refractivity contribution in [3.63, 3.8) is 0 Å². The Morgan fingerprint density at radius 3 is 2.76 bits per heavy atom. The summed E-state index contributed by atoms with van der Waals surface area (Å²) >= 11 is 3.52. The number of hydrogen-bond donors (Lipinski definition) is 1. The minimum absolute atomic E-state index is 0.168. The summed E-state index contributed by atoms with van der Waals surface area (Å²) in [6.07, 6.45) is 4.90. The summed E-state index contributed by atoms with van der Waals surface area (Å²) < 4.78 is 14.2. The monoisotopic (exact) mass is 355 g/mol. The van der Waals surface area contributed by atoms with Gasteiger partial charge in [-0.15, -0.1) is 0 Å². The van der Waals surface area contributed by atoms with Crippen molar-refractivity contribution in [3.05, 3.63) is 34.1 Å². The number of halogens is 2. The first-order valence-electron chi connectivity index (χ1n) is 8.06. The molecule has 1 aromatic rings. The summed E-state index contributed by atoms with van der Waals surface area (Å²) in [5.74, 6) is 1.24. The summed E-state index contributed by atoms with van der Waals surface area (Å²) in [5, 5.41) is 3.51. The second-order valence-electron chi connectivity index (χ2n) is 7.17. The van der Waals surface area contributed by atoms with Gasteiger partial charge in [-0.1, -0.05) is 42.8 Å². The van der Waals surface area contributed by atoms with Crippen molar-refractivity contribution in [3.8, 4) is 0 Å². The van der Waals surface area contributed by atoms with Crippen LogP contribution in [0.15, 0.2) is 22.7 Å². The molecule has 1 aromatic carbocycles. The molecule has 1 saturated carbocycles. The number of hydrogen-bond acceptors (Lipinski definition) is 1. The Morgan fingerprint density at radius 2 is 2.10 bits per heavy atom. The Morgan fingerprint density at radius 1 is 1.33 bits per heavy atom. The van der Waals surface area contributed by atoms with Crippen LogP contribution in [0.1, 0.15) is 45.6 Å². The highest BCUT2D eigenvalue weighted by atomic mass is 79.9. The lowest BCUT2D eigenvalue weighted by Crippen LogP contribution is -2.37. The van der Waals surface area contributed by atoms with Gasteiger partial charge < -0.3 is 5.32 Å². The average molecular weight is 356 g/mol. The molecule has 2 unspecified atom stereocenters. The van der Waals surface area contributed by atoms with Crippen molar-refractivity contribution in [2.75, 3.05) is 13.1 Å². The van der Waals surface area contributed by atoms with Gasteiger partial charge in [-0.05, 0) is 73.7 Å². The van der Waals surface area contributed by atoms with Crippen molar-refractivity contribution in [2.24, 2.45) is 17.3 Å². The predicted molar refractivity (Wildman–Crippen MR) is 91.0 cm³/mol. The molecule has 1 fully saturated rings. The molecule has 1 aliphatic rings. The highest BCUT2D eigenvalue weighted by molar-refractivity contribution is 9.10. The third-order valence-corrected chi connectivity index (χ3v) is 5.57. The van der Waals surface area contributed by atoms with Crippen molar-refractivity contribution in [2.45, 2.75) is 46.5 Å². The molecule has 21 heavy (non-hydrogen) atoms. The third kappa shape index (κ3) is 4.79. The van der Waals surface area contributed by atoms with E-state index in [0.29, 0.717) is 11.3 Å². The second kappa shape index (κ2) is 7.23. The first kappa shape index (κ1) is 17.0. The van der Waals surface area contributed by atoms with E-state index in [2.05, 4.69) is 42.0 Å². The fourth-order valence-corrected chi connectivity index (χ4v) is 4.11. The van der Waals surface area contributed by atoms with E-state index in [0.717, 1.165) is 29.9 Å². The lowest BCUT2D eigenvalue weighted by molar-refractivity contribution is 0.116. The van der Waals surface area contributed by atoms with E-state index in [1.54, 1.807) is 12.1 Å². The van der Waals surface area contributed by atoms with Crippen molar-refractivity contribution >= 4 is 15.9 Å². The predicted octanol–water partition coefficient (Wildman–Crippen LogP) is 5.18. The zero-order chi connectivity index (χ0) is 15.5. The second-order valence-corrected chi connectivity index (χ2v) is 8.03. The molecule has 0 aliphatic heterocycles. The van der Waals surface area contributed by atoms with Crippen LogP contribution in [0.25, 0.3) is 0 Å². The molecule has 118 valence electrons. The normalized spacial score (nSPS) is 25.0. The maximum atomic E-state index is 13.3. The fraction of sp³-hybridized carbons (Fsp3) is 0.667. The quantitative estimate of drug-likeness (QED) is 0.766. The zero-order valence-corrected chi connectivity index (χ0v) is 15.0. The van der Waals surface area contributed by atoms with Gasteiger partial charge in [0, 0.05) is 4.47 Å². The minimum Gasteiger partial charge on any atom is -0.317 e.